The molecule has 0 aliphatic heterocycles. The maximum Gasteiger partial charge on any atom is 0.161 e. The van der Waals surface area contributed by atoms with Gasteiger partial charge in [-0.15, -0.1) is 0 Å². The fraction of sp³-hybridized carbons (Fsp3) is 0.333. The molecule has 2 aromatic rings. The van der Waals surface area contributed by atoms with Crippen molar-refractivity contribution in [2.24, 2.45) is 5.73 Å². The maximum atomic E-state index is 9.00. The quantitative estimate of drug-likeness (QED) is 0.786. The molecule has 0 bridgehead atoms. The lowest BCUT2D eigenvalue weighted by Crippen LogP contribution is -2.12. The molecule has 3 N–H and O–H groups in total. The highest BCUT2D eigenvalue weighted by Crippen LogP contribution is 2.31. The highest BCUT2D eigenvalue weighted by atomic mass is 16.5. The Bertz CT molecular complexity index is 572. The summed E-state index contributed by atoms with van der Waals surface area (Å²) in [4.78, 5) is 0. The van der Waals surface area contributed by atoms with Crippen molar-refractivity contribution in [1.29, 1.82) is 0 Å². The largest absolute Gasteiger partial charge is 0.490 e. The van der Waals surface area contributed by atoms with E-state index >= 15 is 0 Å². The monoisotopic (exact) mass is 301 g/mol. The van der Waals surface area contributed by atoms with Gasteiger partial charge in [0.1, 0.15) is 6.61 Å². The van der Waals surface area contributed by atoms with Crippen LogP contribution in [0.2, 0.25) is 0 Å². The molecular weight excluding hydrogens is 278 g/mol. The number of hydrogen-bond acceptors (Lipinski definition) is 4. The highest BCUT2D eigenvalue weighted by molar-refractivity contribution is 5.44. The third-order valence-corrected chi connectivity index (χ3v) is 3.37. The number of aliphatic hydroxyl groups excluding tert-OH is 1. The lowest BCUT2D eigenvalue weighted by atomic mass is 10.0. The SMILES string of the molecule is CCOc1cc([C@H](N)CCO)ccc1OCc1ccccc1. The molecule has 0 saturated carbocycles. The first kappa shape index (κ1) is 16.3. The van der Waals surface area contributed by atoms with Crippen molar-refractivity contribution in [3.05, 3.63) is 59.7 Å². The summed E-state index contributed by atoms with van der Waals surface area (Å²) in [5.41, 5.74) is 8.07. The van der Waals surface area contributed by atoms with E-state index in [-0.39, 0.29) is 12.6 Å². The molecule has 0 aliphatic carbocycles. The van der Waals surface area contributed by atoms with Gasteiger partial charge < -0.3 is 20.3 Å². The molecule has 0 fully saturated rings. The summed E-state index contributed by atoms with van der Waals surface area (Å²) in [6.07, 6.45) is 0.524. The molecule has 22 heavy (non-hydrogen) atoms. The van der Waals surface area contributed by atoms with Gasteiger partial charge in [0.25, 0.3) is 0 Å². The fourth-order valence-corrected chi connectivity index (χ4v) is 2.18. The third-order valence-electron chi connectivity index (χ3n) is 3.37. The van der Waals surface area contributed by atoms with Crippen LogP contribution < -0.4 is 15.2 Å². The Balaban J connectivity index is 2.12. The van der Waals surface area contributed by atoms with Crippen molar-refractivity contribution in [3.63, 3.8) is 0 Å². The lowest BCUT2D eigenvalue weighted by molar-refractivity contribution is 0.267. The summed E-state index contributed by atoms with van der Waals surface area (Å²) in [7, 11) is 0. The first-order chi connectivity index (χ1) is 10.7. The van der Waals surface area contributed by atoms with Gasteiger partial charge in [0, 0.05) is 12.6 Å². The van der Waals surface area contributed by atoms with Gasteiger partial charge in [0.15, 0.2) is 11.5 Å². The van der Waals surface area contributed by atoms with Crippen LogP contribution in [0.25, 0.3) is 0 Å². The van der Waals surface area contributed by atoms with Gasteiger partial charge >= 0.3 is 0 Å². The molecule has 2 aromatic carbocycles. The number of aliphatic hydroxyl groups is 1. The molecule has 1 atom stereocenters. The minimum atomic E-state index is -0.202. The smallest absolute Gasteiger partial charge is 0.161 e. The van der Waals surface area contributed by atoms with Crippen molar-refractivity contribution in [3.8, 4) is 11.5 Å². The number of hydrogen-bond donors (Lipinski definition) is 2. The van der Waals surface area contributed by atoms with E-state index < -0.39 is 0 Å². The topological polar surface area (TPSA) is 64.7 Å². The van der Waals surface area contributed by atoms with Gasteiger partial charge in [0.05, 0.1) is 6.61 Å². The van der Waals surface area contributed by atoms with Crippen LogP contribution in [-0.2, 0) is 6.61 Å². The van der Waals surface area contributed by atoms with Crippen molar-refractivity contribution in [2.75, 3.05) is 13.2 Å². The van der Waals surface area contributed by atoms with Gasteiger partial charge in [-0.3, -0.25) is 0 Å². The summed E-state index contributed by atoms with van der Waals surface area (Å²) in [6, 6.07) is 15.5. The van der Waals surface area contributed by atoms with E-state index in [0.717, 1.165) is 11.1 Å². The second-order valence-electron chi connectivity index (χ2n) is 5.03. The molecule has 0 amide bonds. The predicted molar refractivity (Wildman–Crippen MR) is 87.0 cm³/mol. The van der Waals surface area contributed by atoms with Crippen LogP contribution in [0.5, 0.6) is 11.5 Å². The van der Waals surface area contributed by atoms with Crippen molar-refractivity contribution in [2.45, 2.75) is 26.0 Å². The molecule has 0 spiro atoms. The summed E-state index contributed by atoms with van der Waals surface area (Å²) < 4.78 is 11.5. The van der Waals surface area contributed by atoms with Crippen molar-refractivity contribution in [1.82, 2.24) is 0 Å². The Morgan fingerprint density at radius 2 is 1.82 bits per heavy atom. The molecule has 0 aliphatic rings. The van der Waals surface area contributed by atoms with E-state index in [9.17, 15) is 0 Å². The van der Waals surface area contributed by atoms with Crippen LogP contribution in [-0.4, -0.2) is 18.3 Å². The van der Waals surface area contributed by atoms with E-state index in [1.54, 1.807) is 0 Å². The number of benzene rings is 2. The molecular formula is C18H23NO3. The Hall–Kier alpha value is -2.04. The first-order valence-corrected chi connectivity index (χ1v) is 7.54. The van der Waals surface area contributed by atoms with Crippen molar-refractivity contribution < 1.29 is 14.6 Å². The summed E-state index contributed by atoms with van der Waals surface area (Å²) in [5.74, 6) is 1.38. The van der Waals surface area contributed by atoms with Crippen LogP contribution in [0, 0.1) is 0 Å². The number of rotatable bonds is 8. The number of ether oxygens (including phenoxy) is 2. The molecule has 0 aromatic heterocycles. The van der Waals surface area contributed by atoms with Crippen LogP contribution in [0.3, 0.4) is 0 Å². The van der Waals surface area contributed by atoms with Crippen LogP contribution in [0.15, 0.2) is 48.5 Å². The normalized spacial score (nSPS) is 12.0. The van der Waals surface area contributed by atoms with E-state index in [0.29, 0.717) is 31.1 Å². The maximum absolute atomic E-state index is 9.00. The van der Waals surface area contributed by atoms with E-state index in [4.69, 9.17) is 20.3 Å². The number of nitrogens with two attached hydrogens (primary N) is 1. The molecule has 0 heterocycles. The lowest BCUT2D eigenvalue weighted by Gasteiger charge is -2.16. The van der Waals surface area contributed by atoms with Gasteiger partial charge in [-0.25, -0.2) is 0 Å². The second kappa shape index (κ2) is 8.41. The van der Waals surface area contributed by atoms with E-state index in [1.165, 1.54) is 0 Å². The van der Waals surface area contributed by atoms with Gasteiger partial charge in [-0.05, 0) is 36.6 Å². The molecule has 4 nitrogen and oxygen atoms in total. The van der Waals surface area contributed by atoms with Crippen molar-refractivity contribution >= 4 is 0 Å². The zero-order chi connectivity index (χ0) is 15.8. The Morgan fingerprint density at radius 1 is 1.05 bits per heavy atom. The zero-order valence-electron chi connectivity index (χ0n) is 12.9. The standard InChI is InChI=1S/C18H23NO3/c1-2-21-18-12-15(16(19)10-11-20)8-9-17(18)22-13-14-6-4-3-5-7-14/h3-9,12,16,20H,2,10-11,13,19H2,1H3/t16-/m1/s1. The van der Waals surface area contributed by atoms with Gasteiger partial charge in [0.2, 0.25) is 0 Å². The van der Waals surface area contributed by atoms with Gasteiger partial charge in [-0.1, -0.05) is 36.4 Å². The third kappa shape index (κ3) is 4.48. The highest BCUT2D eigenvalue weighted by Gasteiger charge is 2.11. The minimum absolute atomic E-state index is 0.0669. The van der Waals surface area contributed by atoms with E-state index in [1.807, 2.05) is 55.5 Å². The first-order valence-electron chi connectivity index (χ1n) is 7.54. The molecule has 118 valence electrons. The zero-order valence-corrected chi connectivity index (χ0v) is 12.9. The summed E-state index contributed by atoms with van der Waals surface area (Å²) in [5, 5.41) is 9.00. The van der Waals surface area contributed by atoms with Gasteiger partial charge in [-0.2, -0.15) is 0 Å². The molecule has 2 rings (SSSR count). The Morgan fingerprint density at radius 3 is 2.50 bits per heavy atom. The average molecular weight is 301 g/mol. The van der Waals surface area contributed by atoms with E-state index in [2.05, 4.69) is 0 Å². The summed E-state index contributed by atoms with van der Waals surface area (Å²) in [6.45, 7) is 3.04. The Kier molecular flexibility index (Phi) is 6.25. The summed E-state index contributed by atoms with van der Waals surface area (Å²) >= 11 is 0. The second-order valence-corrected chi connectivity index (χ2v) is 5.03. The fourth-order valence-electron chi connectivity index (χ4n) is 2.18. The average Bonchev–Trinajstić information content (AvgIpc) is 2.55. The van der Waals surface area contributed by atoms with Crippen LogP contribution in [0.4, 0.5) is 0 Å². The molecule has 4 heteroatoms. The Labute approximate surface area is 131 Å². The minimum Gasteiger partial charge on any atom is -0.490 e. The molecule has 0 unspecified atom stereocenters. The predicted octanol–water partition coefficient (Wildman–Crippen LogP) is 3.05. The molecule has 0 radical (unpaired) electrons. The van der Waals surface area contributed by atoms with Crippen LogP contribution in [0.1, 0.15) is 30.5 Å². The van der Waals surface area contributed by atoms with Crippen LogP contribution >= 0.6 is 0 Å². The molecule has 0 saturated heterocycles.